The van der Waals surface area contributed by atoms with E-state index in [1.54, 1.807) is 25.3 Å². The molecule has 160 valence electrons. The van der Waals surface area contributed by atoms with Crippen LogP contribution in [0.1, 0.15) is 18.4 Å². The van der Waals surface area contributed by atoms with Crippen molar-refractivity contribution in [3.05, 3.63) is 65.2 Å². The van der Waals surface area contributed by atoms with Gasteiger partial charge < -0.3 is 15.0 Å². The van der Waals surface area contributed by atoms with E-state index in [1.807, 2.05) is 30.3 Å². The molecule has 4 rings (SSSR count). The number of benzene rings is 2. The van der Waals surface area contributed by atoms with Crippen molar-refractivity contribution in [2.75, 3.05) is 30.4 Å². The van der Waals surface area contributed by atoms with Crippen LogP contribution in [-0.4, -0.2) is 36.3 Å². The number of ether oxygens (including phenoxy) is 1. The number of hydrogen-bond donors (Lipinski definition) is 1. The molecule has 1 fully saturated rings. The van der Waals surface area contributed by atoms with E-state index in [9.17, 15) is 4.79 Å². The van der Waals surface area contributed by atoms with E-state index in [1.165, 1.54) is 0 Å². The van der Waals surface area contributed by atoms with Gasteiger partial charge in [0.25, 0.3) is 0 Å². The van der Waals surface area contributed by atoms with Crippen molar-refractivity contribution in [2.24, 2.45) is 5.92 Å². The predicted molar refractivity (Wildman–Crippen MR) is 124 cm³/mol. The van der Waals surface area contributed by atoms with Crippen LogP contribution >= 0.6 is 11.6 Å². The summed E-state index contributed by atoms with van der Waals surface area (Å²) in [6.07, 6.45) is 1.73. The van der Waals surface area contributed by atoms with Gasteiger partial charge in [-0.25, -0.2) is 0 Å². The fourth-order valence-electron chi connectivity index (χ4n) is 3.91. The van der Waals surface area contributed by atoms with Crippen LogP contribution < -0.4 is 15.0 Å². The number of methoxy groups -OCH3 is 1. The lowest BCUT2D eigenvalue weighted by molar-refractivity contribution is -0.120. The Balaban J connectivity index is 1.45. The van der Waals surface area contributed by atoms with Crippen molar-refractivity contribution in [2.45, 2.75) is 19.8 Å². The highest BCUT2D eigenvalue weighted by Gasteiger charge is 2.27. The monoisotopic (exact) mass is 436 g/mol. The first-order valence-corrected chi connectivity index (χ1v) is 10.7. The minimum Gasteiger partial charge on any atom is -0.495 e. The van der Waals surface area contributed by atoms with E-state index in [0.717, 1.165) is 42.0 Å². The van der Waals surface area contributed by atoms with Gasteiger partial charge in [0, 0.05) is 23.7 Å². The number of aromatic nitrogens is 2. The number of hydrogen-bond acceptors (Lipinski definition) is 5. The molecule has 0 saturated carbocycles. The zero-order valence-corrected chi connectivity index (χ0v) is 18.4. The second-order valence-corrected chi connectivity index (χ2v) is 8.15. The van der Waals surface area contributed by atoms with Gasteiger partial charge in [-0.3, -0.25) is 4.79 Å². The molecule has 7 heteroatoms. The van der Waals surface area contributed by atoms with Crippen molar-refractivity contribution in [1.29, 1.82) is 0 Å². The van der Waals surface area contributed by atoms with Gasteiger partial charge in [0.1, 0.15) is 5.75 Å². The Morgan fingerprint density at radius 3 is 2.74 bits per heavy atom. The van der Waals surface area contributed by atoms with Crippen LogP contribution in [-0.2, 0) is 4.79 Å². The quantitative estimate of drug-likeness (QED) is 0.611. The molecule has 1 aromatic heterocycles. The number of aryl methyl sites for hydroxylation is 1. The first kappa shape index (κ1) is 21.1. The molecule has 1 aliphatic heterocycles. The smallest absolute Gasteiger partial charge is 0.229 e. The fourth-order valence-corrected chi connectivity index (χ4v) is 4.08. The molecule has 3 aromatic rings. The van der Waals surface area contributed by atoms with Crippen LogP contribution in [0.4, 0.5) is 11.5 Å². The summed E-state index contributed by atoms with van der Waals surface area (Å²) in [6, 6.07) is 17.3. The highest BCUT2D eigenvalue weighted by atomic mass is 35.5. The molecule has 1 unspecified atom stereocenters. The molecule has 0 bridgehead atoms. The summed E-state index contributed by atoms with van der Waals surface area (Å²) in [5, 5.41) is 12.4. The number of anilines is 2. The SMILES string of the molecule is COc1ccc(Cl)cc1NC(=O)C1CCCN(c2ccc(-c3ccccc3C)nn2)C1. The summed E-state index contributed by atoms with van der Waals surface area (Å²) in [6.45, 7) is 3.50. The van der Waals surface area contributed by atoms with E-state index in [4.69, 9.17) is 16.3 Å². The number of piperidine rings is 1. The maximum Gasteiger partial charge on any atom is 0.229 e. The van der Waals surface area contributed by atoms with Crippen molar-refractivity contribution in [1.82, 2.24) is 10.2 Å². The summed E-state index contributed by atoms with van der Waals surface area (Å²) >= 11 is 6.08. The number of halogens is 1. The van der Waals surface area contributed by atoms with Gasteiger partial charge in [-0.15, -0.1) is 10.2 Å². The number of nitrogens with one attached hydrogen (secondary N) is 1. The van der Waals surface area contributed by atoms with Crippen LogP contribution in [0.15, 0.2) is 54.6 Å². The van der Waals surface area contributed by atoms with Gasteiger partial charge in [0.15, 0.2) is 5.82 Å². The Kier molecular flexibility index (Phi) is 6.37. The van der Waals surface area contributed by atoms with E-state index in [-0.39, 0.29) is 11.8 Å². The third-order valence-electron chi connectivity index (χ3n) is 5.61. The van der Waals surface area contributed by atoms with Crippen LogP contribution in [0, 0.1) is 12.8 Å². The molecule has 31 heavy (non-hydrogen) atoms. The van der Waals surface area contributed by atoms with Crippen molar-refractivity contribution >= 4 is 29.0 Å². The second-order valence-electron chi connectivity index (χ2n) is 7.71. The third-order valence-corrected chi connectivity index (χ3v) is 5.84. The molecule has 0 spiro atoms. The maximum atomic E-state index is 12.9. The summed E-state index contributed by atoms with van der Waals surface area (Å²) in [7, 11) is 1.57. The van der Waals surface area contributed by atoms with Gasteiger partial charge in [0.2, 0.25) is 5.91 Å². The number of rotatable bonds is 5. The number of carbonyl (C=O) groups excluding carboxylic acids is 1. The molecule has 0 aliphatic carbocycles. The summed E-state index contributed by atoms with van der Waals surface area (Å²) in [5.74, 6) is 1.17. The zero-order chi connectivity index (χ0) is 21.8. The van der Waals surface area contributed by atoms with Gasteiger partial charge in [-0.1, -0.05) is 35.9 Å². The van der Waals surface area contributed by atoms with Crippen LogP contribution in [0.5, 0.6) is 5.75 Å². The molecule has 1 aliphatic rings. The van der Waals surface area contributed by atoms with Crippen molar-refractivity contribution in [3.63, 3.8) is 0 Å². The molecule has 1 saturated heterocycles. The van der Waals surface area contributed by atoms with Gasteiger partial charge in [0.05, 0.1) is 24.4 Å². The Labute approximate surface area is 187 Å². The summed E-state index contributed by atoms with van der Waals surface area (Å²) in [5.41, 5.74) is 3.67. The first-order chi connectivity index (χ1) is 15.0. The molecule has 1 amide bonds. The molecule has 2 aromatic carbocycles. The van der Waals surface area contributed by atoms with Crippen molar-refractivity contribution in [3.8, 4) is 17.0 Å². The van der Waals surface area contributed by atoms with Crippen LogP contribution in [0.25, 0.3) is 11.3 Å². The number of carbonyl (C=O) groups is 1. The minimum atomic E-state index is -0.157. The predicted octanol–water partition coefficient (Wildman–Crippen LogP) is 4.97. The minimum absolute atomic E-state index is 0.0465. The highest BCUT2D eigenvalue weighted by molar-refractivity contribution is 6.31. The van der Waals surface area contributed by atoms with Gasteiger partial charge in [-0.05, 0) is 55.7 Å². The fraction of sp³-hybridized carbons (Fsp3) is 0.292. The Bertz CT molecular complexity index is 1070. The first-order valence-electron chi connectivity index (χ1n) is 10.3. The highest BCUT2D eigenvalue weighted by Crippen LogP contribution is 2.30. The molecule has 1 N–H and O–H groups in total. The summed E-state index contributed by atoms with van der Waals surface area (Å²) < 4.78 is 5.33. The maximum absolute atomic E-state index is 12.9. The van der Waals surface area contributed by atoms with E-state index >= 15 is 0 Å². The molecule has 6 nitrogen and oxygen atoms in total. The summed E-state index contributed by atoms with van der Waals surface area (Å²) in [4.78, 5) is 15.1. The average molecular weight is 437 g/mol. The van der Waals surface area contributed by atoms with Gasteiger partial charge in [-0.2, -0.15) is 0 Å². The molecule has 1 atom stereocenters. The molecular formula is C24H25ClN4O2. The lowest BCUT2D eigenvalue weighted by Crippen LogP contribution is -2.41. The Hall–Kier alpha value is -3.12. The normalized spacial score (nSPS) is 16.1. The Morgan fingerprint density at radius 1 is 1.16 bits per heavy atom. The molecule has 2 heterocycles. The zero-order valence-electron chi connectivity index (χ0n) is 17.6. The van der Waals surface area contributed by atoms with Crippen LogP contribution in [0.2, 0.25) is 5.02 Å². The standard InChI is InChI=1S/C24H25ClN4O2/c1-16-6-3-4-8-19(16)20-10-12-23(28-27-20)29-13-5-7-17(15-29)24(30)26-21-14-18(25)9-11-22(21)31-2/h3-4,6,8-12,14,17H,5,7,13,15H2,1-2H3,(H,26,30). The van der Waals surface area contributed by atoms with Crippen LogP contribution in [0.3, 0.4) is 0 Å². The number of amides is 1. The molecular weight excluding hydrogens is 412 g/mol. The van der Waals surface area contributed by atoms with E-state index in [0.29, 0.717) is 23.0 Å². The van der Waals surface area contributed by atoms with Gasteiger partial charge >= 0.3 is 0 Å². The average Bonchev–Trinajstić information content (AvgIpc) is 2.80. The second kappa shape index (κ2) is 9.35. The van der Waals surface area contributed by atoms with E-state index in [2.05, 4.69) is 33.4 Å². The number of nitrogens with zero attached hydrogens (tertiary/aromatic N) is 3. The van der Waals surface area contributed by atoms with Crippen molar-refractivity contribution < 1.29 is 9.53 Å². The topological polar surface area (TPSA) is 67.3 Å². The molecule has 0 radical (unpaired) electrons. The largest absolute Gasteiger partial charge is 0.495 e. The lowest BCUT2D eigenvalue weighted by atomic mass is 9.97. The third kappa shape index (κ3) is 4.80. The van der Waals surface area contributed by atoms with E-state index < -0.39 is 0 Å². The lowest BCUT2D eigenvalue weighted by Gasteiger charge is -2.32. The Morgan fingerprint density at radius 2 is 2.00 bits per heavy atom.